The summed E-state index contributed by atoms with van der Waals surface area (Å²) in [5.74, 6) is -0.221. The van der Waals surface area contributed by atoms with Gasteiger partial charge < -0.3 is 9.47 Å². The number of esters is 1. The Morgan fingerprint density at radius 3 is 2.92 bits per heavy atom. The maximum absolute atomic E-state index is 11.5. The molecule has 1 aliphatic heterocycles. The lowest BCUT2D eigenvalue weighted by molar-refractivity contribution is -0.103. The first-order chi connectivity index (χ1) is 6.27. The van der Waals surface area contributed by atoms with E-state index >= 15 is 0 Å². The van der Waals surface area contributed by atoms with E-state index in [1.807, 2.05) is 18.4 Å². The molecule has 0 atom stereocenters. The van der Waals surface area contributed by atoms with E-state index in [1.54, 1.807) is 0 Å². The molecule has 0 aromatic carbocycles. The van der Waals surface area contributed by atoms with Crippen LogP contribution in [0.3, 0.4) is 0 Å². The zero-order valence-corrected chi connectivity index (χ0v) is 8.10. The van der Waals surface area contributed by atoms with Crippen LogP contribution in [0.5, 0.6) is 0 Å². The van der Waals surface area contributed by atoms with Gasteiger partial charge in [-0.25, -0.2) is 4.79 Å². The molecular weight excluding hydrogens is 188 g/mol. The number of rotatable bonds is 2. The molecule has 2 rings (SSSR count). The molecule has 0 unspecified atom stereocenters. The molecule has 0 amide bonds. The number of ether oxygens (including phenoxy) is 2. The Morgan fingerprint density at radius 2 is 2.46 bits per heavy atom. The van der Waals surface area contributed by atoms with Crippen molar-refractivity contribution in [3.8, 4) is 0 Å². The van der Waals surface area contributed by atoms with Crippen molar-refractivity contribution in [2.24, 2.45) is 0 Å². The third kappa shape index (κ3) is 1.73. The normalized spacial score (nSPS) is 16.7. The Kier molecular flexibility index (Phi) is 2.33. The van der Waals surface area contributed by atoms with Crippen LogP contribution in [0.4, 0.5) is 0 Å². The number of hydrogen-bond acceptors (Lipinski definition) is 4. The van der Waals surface area contributed by atoms with Crippen LogP contribution in [0.2, 0.25) is 0 Å². The van der Waals surface area contributed by atoms with E-state index in [1.165, 1.54) is 11.3 Å². The van der Waals surface area contributed by atoms with Crippen molar-refractivity contribution < 1.29 is 14.3 Å². The first-order valence-electron chi connectivity index (χ1n) is 4.10. The fourth-order valence-electron chi connectivity index (χ4n) is 1.07. The van der Waals surface area contributed by atoms with Gasteiger partial charge in [0.05, 0.1) is 13.2 Å². The van der Waals surface area contributed by atoms with Crippen LogP contribution in [0.1, 0.15) is 15.2 Å². The molecule has 4 heteroatoms. The minimum atomic E-state index is -0.221. The number of aryl methyl sites for hydroxylation is 1. The molecule has 3 nitrogen and oxygen atoms in total. The Hall–Kier alpha value is -0.870. The molecule has 0 bridgehead atoms. The Bertz CT molecular complexity index is 314. The van der Waals surface area contributed by atoms with Crippen molar-refractivity contribution in [3.63, 3.8) is 0 Å². The number of carbonyl (C=O) groups excluding carboxylic acids is 1. The Labute approximate surface area is 80.3 Å². The average molecular weight is 198 g/mol. The molecule has 0 N–H and O–H groups in total. The first kappa shape index (κ1) is 8.72. The molecule has 1 aliphatic rings. The van der Waals surface area contributed by atoms with Gasteiger partial charge in [-0.3, -0.25) is 0 Å². The summed E-state index contributed by atoms with van der Waals surface area (Å²) in [6.07, 6.45) is -0.0333. The summed E-state index contributed by atoms with van der Waals surface area (Å²) in [4.78, 5) is 12.2. The van der Waals surface area contributed by atoms with E-state index in [9.17, 15) is 4.79 Å². The van der Waals surface area contributed by atoms with Crippen LogP contribution in [0, 0.1) is 6.92 Å². The first-order valence-corrected chi connectivity index (χ1v) is 4.98. The largest absolute Gasteiger partial charge is 0.453 e. The number of thiophene rings is 1. The molecule has 0 spiro atoms. The van der Waals surface area contributed by atoms with Gasteiger partial charge >= 0.3 is 5.97 Å². The van der Waals surface area contributed by atoms with Gasteiger partial charge in [0.15, 0.2) is 0 Å². The fraction of sp³-hybridized carbons (Fsp3) is 0.444. The predicted octanol–water partition coefficient (Wildman–Crippen LogP) is 1.61. The van der Waals surface area contributed by atoms with Crippen molar-refractivity contribution in [1.82, 2.24) is 0 Å². The average Bonchev–Trinajstić information content (AvgIpc) is 2.43. The predicted molar refractivity (Wildman–Crippen MR) is 49.1 cm³/mol. The van der Waals surface area contributed by atoms with E-state index in [-0.39, 0.29) is 12.1 Å². The van der Waals surface area contributed by atoms with Crippen molar-refractivity contribution in [1.29, 1.82) is 0 Å². The molecule has 1 fully saturated rings. The van der Waals surface area contributed by atoms with E-state index in [0.29, 0.717) is 18.1 Å². The third-order valence-electron chi connectivity index (χ3n) is 1.93. The summed E-state index contributed by atoms with van der Waals surface area (Å²) in [6.45, 7) is 2.98. The van der Waals surface area contributed by atoms with Crippen molar-refractivity contribution in [2.75, 3.05) is 13.2 Å². The molecule has 1 saturated heterocycles. The van der Waals surface area contributed by atoms with Crippen LogP contribution < -0.4 is 0 Å². The maximum Gasteiger partial charge on any atom is 0.349 e. The van der Waals surface area contributed by atoms with Gasteiger partial charge in [0.2, 0.25) is 0 Å². The van der Waals surface area contributed by atoms with Crippen molar-refractivity contribution in [3.05, 3.63) is 21.9 Å². The molecule has 0 aliphatic carbocycles. The highest BCUT2D eigenvalue weighted by Gasteiger charge is 2.24. The Morgan fingerprint density at radius 1 is 1.69 bits per heavy atom. The number of carbonyl (C=O) groups is 1. The minimum Gasteiger partial charge on any atom is -0.453 e. The second-order valence-corrected chi connectivity index (χ2v) is 3.91. The topological polar surface area (TPSA) is 35.5 Å². The Balaban J connectivity index is 2.00. The van der Waals surface area contributed by atoms with Crippen LogP contribution in [0.15, 0.2) is 11.4 Å². The van der Waals surface area contributed by atoms with E-state index in [4.69, 9.17) is 9.47 Å². The zero-order chi connectivity index (χ0) is 9.26. The van der Waals surface area contributed by atoms with Gasteiger partial charge in [-0.1, -0.05) is 0 Å². The van der Waals surface area contributed by atoms with Crippen molar-refractivity contribution in [2.45, 2.75) is 13.0 Å². The van der Waals surface area contributed by atoms with Crippen LogP contribution in [-0.2, 0) is 9.47 Å². The second kappa shape index (κ2) is 3.47. The summed E-state index contributed by atoms with van der Waals surface area (Å²) < 4.78 is 10.1. The molecule has 2 heterocycles. The monoisotopic (exact) mass is 198 g/mol. The standard InChI is InChI=1S/C9H10O3S/c1-6-2-3-13-8(6)9(10)12-7-4-11-5-7/h2-3,7H,4-5H2,1H3. The highest BCUT2D eigenvalue weighted by Crippen LogP contribution is 2.18. The van der Waals surface area contributed by atoms with Gasteiger partial charge in [-0.2, -0.15) is 0 Å². The minimum absolute atomic E-state index is 0.0333. The summed E-state index contributed by atoms with van der Waals surface area (Å²) in [6, 6.07) is 1.92. The van der Waals surface area contributed by atoms with Crippen LogP contribution in [0.25, 0.3) is 0 Å². The molecule has 1 aromatic rings. The molecule has 13 heavy (non-hydrogen) atoms. The maximum atomic E-state index is 11.5. The SMILES string of the molecule is Cc1ccsc1C(=O)OC1COC1. The number of hydrogen-bond donors (Lipinski definition) is 0. The van der Waals surface area contributed by atoms with Crippen molar-refractivity contribution >= 4 is 17.3 Å². The van der Waals surface area contributed by atoms with Gasteiger partial charge in [0, 0.05) is 0 Å². The molecule has 0 radical (unpaired) electrons. The van der Waals surface area contributed by atoms with Crippen LogP contribution in [-0.4, -0.2) is 25.3 Å². The summed E-state index contributed by atoms with van der Waals surface area (Å²) in [5, 5.41) is 1.89. The lowest BCUT2D eigenvalue weighted by Crippen LogP contribution is -2.37. The lowest BCUT2D eigenvalue weighted by Gasteiger charge is -2.25. The van der Waals surface area contributed by atoms with E-state index in [0.717, 1.165) is 5.56 Å². The quantitative estimate of drug-likeness (QED) is 0.677. The lowest BCUT2D eigenvalue weighted by atomic mass is 10.3. The zero-order valence-electron chi connectivity index (χ0n) is 7.28. The highest BCUT2D eigenvalue weighted by atomic mass is 32.1. The molecule has 1 aromatic heterocycles. The van der Waals surface area contributed by atoms with Gasteiger partial charge in [0.1, 0.15) is 11.0 Å². The molecule has 70 valence electrons. The summed E-state index contributed by atoms with van der Waals surface area (Å²) in [7, 11) is 0. The van der Waals surface area contributed by atoms with E-state index in [2.05, 4.69) is 0 Å². The summed E-state index contributed by atoms with van der Waals surface area (Å²) >= 11 is 1.42. The second-order valence-electron chi connectivity index (χ2n) is 3.00. The van der Waals surface area contributed by atoms with E-state index < -0.39 is 0 Å². The van der Waals surface area contributed by atoms with Gasteiger partial charge in [-0.05, 0) is 23.9 Å². The van der Waals surface area contributed by atoms with Gasteiger partial charge in [-0.15, -0.1) is 11.3 Å². The van der Waals surface area contributed by atoms with Gasteiger partial charge in [0.25, 0.3) is 0 Å². The van der Waals surface area contributed by atoms with Crippen LogP contribution >= 0.6 is 11.3 Å². The fourth-order valence-corrected chi connectivity index (χ4v) is 1.88. The third-order valence-corrected chi connectivity index (χ3v) is 2.93. The highest BCUT2D eigenvalue weighted by molar-refractivity contribution is 7.12. The smallest absolute Gasteiger partial charge is 0.349 e. The molecular formula is C9H10O3S. The molecule has 0 saturated carbocycles. The summed E-state index contributed by atoms with van der Waals surface area (Å²) in [5.41, 5.74) is 0.982.